The summed E-state index contributed by atoms with van der Waals surface area (Å²) in [6.45, 7) is 5.85. The van der Waals surface area contributed by atoms with Crippen LogP contribution in [-0.4, -0.2) is 63.9 Å². The molecule has 0 amide bonds. The zero-order valence-electron chi connectivity index (χ0n) is 19.8. The van der Waals surface area contributed by atoms with Crippen molar-refractivity contribution >= 4 is 24.0 Å². The molecule has 2 fully saturated rings. The zero-order valence-corrected chi connectivity index (χ0v) is 20.7. The van der Waals surface area contributed by atoms with E-state index in [1.807, 2.05) is 16.4 Å². The van der Waals surface area contributed by atoms with Gasteiger partial charge in [-0.3, -0.25) is 4.90 Å². The van der Waals surface area contributed by atoms with E-state index in [1.54, 1.807) is 6.20 Å². The Morgan fingerprint density at radius 2 is 1.67 bits per heavy atom. The molecule has 0 radical (unpaired) electrons. The first-order chi connectivity index (χ1) is 17.0. The highest BCUT2D eigenvalue weighted by Gasteiger charge is 2.24. The van der Waals surface area contributed by atoms with Gasteiger partial charge >= 0.3 is 0 Å². The number of nitrogens with zero attached hydrogens (tertiary/aromatic N) is 5. The number of benzene rings is 1. The van der Waals surface area contributed by atoms with Crippen molar-refractivity contribution in [2.45, 2.75) is 32.4 Å². The fourth-order valence-electron chi connectivity index (χ4n) is 4.57. The summed E-state index contributed by atoms with van der Waals surface area (Å²) in [5.74, 6) is -1.12. The molecule has 0 atom stereocenters. The number of aryl methyl sites for hydroxylation is 1. The van der Waals surface area contributed by atoms with Gasteiger partial charge in [0.25, 0.3) is 0 Å². The minimum atomic E-state index is -0.646. The van der Waals surface area contributed by atoms with Gasteiger partial charge in [-0.1, -0.05) is 0 Å². The van der Waals surface area contributed by atoms with Crippen molar-refractivity contribution in [1.82, 2.24) is 24.4 Å². The largest absolute Gasteiger partial charge is 0.381 e. The SMILES string of the molecule is Cc1ncc(-c2nc(Nc3cc(F)c(CN4CCOCC4)cc3F)ncc2F)n1C1CCOCC1.Cl. The van der Waals surface area contributed by atoms with Gasteiger partial charge in [-0.05, 0) is 25.8 Å². The van der Waals surface area contributed by atoms with Crippen molar-refractivity contribution in [2.75, 3.05) is 44.8 Å². The quantitative estimate of drug-likeness (QED) is 0.511. The molecular formula is C24H28ClF3N6O2. The van der Waals surface area contributed by atoms with E-state index < -0.39 is 17.5 Å². The monoisotopic (exact) mass is 524 g/mol. The second-order valence-electron chi connectivity index (χ2n) is 8.73. The molecule has 5 rings (SSSR count). The average Bonchev–Trinajstić information content (AvgIpc) is 3.25. The Hall–Kier alpha value is -2.73. The number of nitrogens with one attached hydrogen (secondary N) is 1. The van der Waals surface area contributed by atoms with Crippen LogP contribution in [0.1, 0.15) is 30.3 Å². The molecule has 194 valence electrons. The first-order valence-electron chi connectivity index (χ1n) is 11.7. The third-order valence-corrected chi connectivity index (χ3v) is 6.40. The lowest BCUT2D eigenvalue weighted by atomic mass is 10.1. The molecule has 1 N–H and O–H groups in total. The average molecular weight is 525 g/mol. The number of imidazole rings is 1. The molecule has 12 heteroatoms. The van der Waals surface area contributed by atoms with Crippen LogP contribution in [0.5, 0.6) is 0 Å². The Morgan fingerprint density at radius 1 is 0.944 bits per heavy atom. The zero-order chi connectivity index (χ0) is 24.4. The summed E-state index contributed by atoms with van der Waals surface area (Å²) >= 11 is 0. The fraction of sp³-hybridized carbons (Fsp3) is 0.458. The summed E-state index contributed by atoms with van der Waals surface area (Å²) in [5.41, 5.74) is 0.677. The molecule has 36 heavy (non-hydrogen) atoms. The predicted molar refractivity (Wildman–Crippen MR) is 130 cm³/mol. The lowest BCUT2D eigenvalue weighted by Gasteiger charge is -2.26. The van der Waals surface area contributed by atoms with Crippen molar-refractivity contribution in [3.8, 4) is 11.4 Å². The minimum absolute atomic E-state index is 0. The highest BCUT2D eigenvalue weighted by Crippen LogP contribution is 2.31. The van der Waals surface area contributed by atoms with Crippen LogP contribution in [0, 0.1) is 24.4 Å². The van der Waals surface area contributed by atoms with Gasteiger partial charge in [0.05, 0.1) is 37.0 Å². The Morgan fingerprint density at radius 3 is 2.42 bits per heavy atom. The number of morpholine rings is 1. The number of anilines is 2. The van der Waals surface area contributed by atoms with Crippen LogP contribution >= 0.6 is 12.4 Å². The molecule has 2 saturated heterocycles. The summed E-state index contributed by atoms with van der Waals surface area (Å²) in [5, 5.41) is 2.70. The first kappa shape index (κ1) is 26.3. The van der Waals surface area contributed by atoms with Crippen LogP contribution < -0.4 is 5.32 Å². The summed E-state index contributed by atoms with van der Waals surface area (Å²) in [6.07, 6.45) is 4.15. The van der Waals surface area contributed by atoms with E-state index in [9.17, 15) is 13.2 Å². The molecule has 0 unspecified atom stereocenters. The van der Waals surface area contributed by atoms with Crippen molar-refractivity contribution in [3.05, 3.63) is 53.4 Å². The molecule has 4 heterocycles. The molecule has 0 bridgehead atoms. The van der Waals surface area contributed by atoms with Gasteiger partial charge in [-0.15, -0.1) is 12.4 Å². The fourth-order valence-corrected chi connectivity index (χ4v) is 4.57. The first-order valence-corrected chi connectivity index (χ1v) is 11.7. The normalized spacial score (nSPS) is 17.1. The predicted octanol–water partition coefficient (Wildman–Crippen LogP) is 4.41. The van der Waals surface area contributed by atoms with E-state index in [4.69, 9.17) is 9.47 Å². The number of hydrogen-bond donors (Lipinski definition) is 1. The van der Waals surface area contributed by atoms with Crippen LogP contribution in [0.25, 0.3) is 11.4 Å². The number of aromatic nitrogens is 4. The van der Waals surface area contributed by atoms with E-state index >= 15 is 0 Å². The van der Waals surface area contributed by atoms with Crippen LogP contribution in [0.15, 0.2) is 24.5 Å². The van der Waals surface area contributed by atoms with Crippen LogP contribution in [0.2, 0.25) is 0 Å². The summed E-state index contributed by atoms with van der Waals surface area (Å²) < 4.78 is 57.1. The van der Waals surface area contributed by atoms with Gasteiger partial charge in [-0.2, -0.15) is 0 Å². The van der Waals surface area contributed by atoms with E-state index in [1.165, 1.54) is 6.07 Å². The molecule has 2 aliphatic heterocycles. The second kappa shape index (κ2) is 11.5. The Labute approximate surface area is 213 Å². The molecule has 3 aromatic rings. The van der Waals surface area contributed by atoms with E-state index in [-0.39, 0.29) is 41.3 Å². The molecule has 1 aromatic carbocycles. The van der Waals surface area contributed by atoms with Crippen molar-refractivity contribution in [2.24, 2.45) is 0 Å². The third-order valence-electron chi connectivity index (χ3n) is 6.40. The highest BCUT2D eigenvalue weighted by atomic mass is 35.5. The van der Waals surface area contributed by atoms with Crippen LogP contribution in [0.3, 0.4) is 0 Å². The smallest absolute Gasteiger partial charge is 0.228 e. The van der Waals surface area contributed by atoms with Gasteiger partial charge < -0.3 is 19.4 Å². The Bertz CT molecular complexity index is 1200. The van der Waals surface area contributed by atoms with Gasteiger partial charge in [0, 0.05) is 50.5 Å². The van der Waals surface area contributed by atoms with Crippen molar-refractivity contribution in [3.63, 3.8) is 0 Å². The number of ether oxygens (including phenoxy) is 2. The number of rotatable bonds is 6. The summed E-state index contributed by atoms with van der Waals surface area (Å²) in [6, 6.07) is 2.35. The maximum Gasteiger partial charge on any atom is 0.228 e. The Balaban J connectivity index is 0.00000304. The molecule has 2 aliphatic rings. The van der Waals surface area contributed by atoms with E-state index in [2.05, 4.69) is 20.3 Å². The molecule has 8 nitrogen and oxygen atoms in total. The Kier molecular flexibility index (Phi) is 8.45. The molecule has 0 saturated carbocycles. The third kappa shape index (κ3) is 5.64. The van der Waals surface area contributed by atoms with E-state index in [0.29, 0.717) is 51.8 Å². The summed E-state index contributed by atoms with van der Waals surface area (Å²) in [4.78, 5) is 14.6. The lowest BCUT2D eigenvalue weighted by Crippen LogP contribution is -2.35. The van der Waals surface area contributed by atoms with Crippen molar-refractivity contribution < 1.29 is 22.6 Å². The van der Waals surface area contributed by atoms with E-state index in [0.717, 1.165) is 30.9 Å². The van der Waals surface area contributed by atoms with Crippen molar-refractivity contribution in [1.29, 1.82) is 0 Å². The summed E-state index contributed by atoms with van der Waals surface area (Å²) in [7, 11) is 0. The standard InChI is InChI=1S/C24H27F3N6O2.ClH/c1-15-28-13-22(33(15)17-2-6-34-7-3-17)23-20(27)12-29-24(31-23)30-21-11-18(25)16(10-19(21)26)14-32-4-8-35-9-5-32;/h10-13,17H,2-9,14H2,1H3,(H,29,30,31);1H. The lowest BCUT2D eigenvalue weighted by molar-refractivity contribution is 0.0337. The molecule has 2 aromatic heterocycles. The highest BCUT2D eigenvalue weighted by molar-refractivity contribution is 5.85. The molecular weight excluding hydrogens is 497 g/mol. The van der Waals surface area contributed by atoms with Gasteiger partial charge in [-0.25, -0.2) is 28.1 Å². The van der Waals surface area contributed by atoms with Gasteiger partial charge in [0.15, 0.2) is 5.82 Å². The van der Waals surface area contributed by atoms with Crippen LogP contribution in [-0.2, 0) is 16.0 Å². The maximum atomic E-state index is 14.9. The van der Waals surface area contributed by atoms with Gasteiger partial charge in [0.1, 0.15) is 23.2 Å². The topological polar surface area (TPSA) is 77.3 Å². The number of hydrogen-bond acceptors (Lipinski definition) is 7. The number of halogens is 4. The molecule has 0 aliphatic carbocycles. The second-order valence-corrected chi connectivity index (χ2v) is 8.73. The van der Waals surface area contributed by atoms with Crippen LogP contribution in [0.4, 0.5) is 24.8 Å². The van der Waals surface area contributed by atoms with Gasteiger partial charge in [0.2, 0.25) is 5.95 Å². The minimum Gasteiger partial charge on any atom is -0.381 e. The molecule has 0 spiro atoms. The maximum absolute atomic E-state index is 14.9.